The van der Waals surface area contributed by atoms with Crippen LogP contribution in [0.4, 0.5) is 30.6 Å². The molecule has 1 fully saturated rings. The van der Waals surface area contributed by atoms with Crippen molar-refractivity contribution < 1.29 is 36.8 Å². The fourth-order valence-corrected chi connectivity index (χ4v) is 6.05. The molecule has 2 aliphatic heterocycles. The Balaban J connectivity index is 1.49. The number of carbonyl (C=O) groups excluding carboxylic acids is 2. The summed E-state index contributed by atoms with van der Waals surface area (Å²) in [4.78, 5) is 27.6. The monoisotopic (exact) mass is 621 g/mol. The maximum Gasteiger partial charge on any atom is 0.412 e. The van der Waals surface area contributed by atoms with Gasteiger partial charge in [-0.1, -0.05) is 0 Å². The number of amides is 2. The molecule has 11 nitrogen and oxygen atoms in total. The average molecular weight is 622 g/mol. The van der Waals surface area contributed by atoms with Crippen molar-refractivity contribution in [1.29, 1.82) is 5.41 Å². The first-order valence-electron chi connectivity index (χ1n) is 13.9. The Bertz CT molecular complexity index is 1380. The molecule has 2 aromatic rings. The summed E-state index contributed by atoms with van der Waals surface area (Å²) in [5.41, 5.74) is -0.140. The summed E-state index contributed by atoms with van der Waals surface area (Å²) in [6, 6.07) is 7.76. The van der Waals surface area contributed by atoms with Crippen LogP contribution in [0.1, 0.15) is 51.2 Å². The van der Waals surface area contributed by atoms with Gasteiger partial charge >= 0.3 is 6.09 Å². The van der Waals surface area contributed by atoms with Gasteiger partial charge in [0.05, 0.1) is 29.4 Å². The first kappa shape index (κ1) is 32.3. The van der Waals surface area contributed by atoms with E-state index in [4.69, 9.17) is 19.6 Å². The summed E-state index contributed by atoms with van der Waals surface area (Å²) in [5.74, 6) is 0.139. The van der Waals surface area contributed by atoms with Gasteiger partial charge in [0.2, 0.25) is 5.91 Å². The number of ether oxygens (including phenoxy) is 3. The number of fused-ring (bicyclic) bond motifs is 1. The van der Waals surface area contributed by atoms with Crippen molar-refractivity contribution >= 4 is 46.3 Å². The highest BCUT2D eigenvalue weighted by atomic mass is 32.2. The first-order valence-corrected chi connectivity index (χ1v) is 15.0. The average Bonchev–Trinajstić information content (AvgIpc) is 2.95. The van der Waals surface area contributed by atoms with Gasteiger partial charge in [0, 0.05) is 55.4 Å². The van der Waals surface area contributed by atoms with Gasteiger partial charge < -0.3 is 29.8 Å². The molecule has 1 unspecified atom stereocenters. The van der Waals surface area contributed by atoms with Gasteiger partial charge in [-0.05, 0) is 57.9 Å². The van der Waals surface area contributed by atoms with Crippen LogP contribution < -0.4 is 20.3 Å². The topological polar surface area (TPSA) is 133 Å². The summed E-state index contributed by atoms with van der Waals surface area (Å²) in [6.07, 6.45) is -1.21. The van der Waals surface area contributed by atoms with Crippen molar-refractivity contribution in [2.24, 2.45) is 0 Å². The molecular weight excluding hydrogens is 584 g/mol. The van der Waals surface area contributed by atoms with Crippen LogP contribution in [0, 0.1) is 5.41 Å². The lowest BCUT2D eigenvalue weighted by atomic mass is 10.0. The van der Waals surface area contributed by atoms with Crippen LogP contribution >= 0.6 is 0 Å². The molecule has 234 valence electrons. The van der Waals surface area contributed by atoms with Crippen LogP contribution in [-0.4, -0.2) is 78.3 Å². The van der Waals surface area contributed by atoms with Gasteiger partial charge in [-0.3, -0.25) is 10.1 Å². The Hall–Kier alpha value is -3.62. The normalized spacial score (nSPS) is 16.3. The van der Waals surface area contributed by atoms with Crippen molar-refractivity contribution in [1.82, 2.24) is 4.31 Å². The number of nitrogens with one attached hydrogen (secondary N) is 3. The third kappa shape index (κ3) is 8.27. The van der Waals surface area contributed by atoms with E-state index in [1.165, 1.54) is 7.05 Å². The molecule has 1 atom stereocenters. The summed E-state index contributed by atoms with van der Waals surface area (Å²) >= 11 is 0. The predicted octanol–water partition coefficient (Wildman–Crippen LogP) is 4.94. The van der Waals surface area contributed by atoms with E-state index < -0.39 is 40.6 Å². The zero-order chi connectivity index (χ0) is 31.3. The van der Waals surface area contributed by atoms with Crippen LogP contribution in [0.25, 0.3) is 0 Å². The van der Waals surface area contributed by atoms with Gasteiger partial charge in [0.1, 0.15) is 28.9 Å². The third-order valence-corrected chi connectivity index (χ3v) is 8.19. The van der Waals surface area contributed by atoms with E-state index in [1.807, 2.05) is 6.07 Å². The van der Waals surface area contributed by atoms with E-state index in [2.05, 4.69) is 15.5 Å². The minimum absolute atomic E-state index is 0.0892. The van der Waals surface area contributed by atoms with Crippen LogP contribution in [0.15, 0.2) is 35.2 Å². The molecule has 14 heteroatoms. The van der Waals surface area contributed by atoms with Crippen molar-refractivity contribution in [2.75, 3.05) is 55.5 Å². The Morgan fingerprint density at radius 1 is 1.19 bits per heavy atom. The predicted molar refractivity (Wildman–Crippen MR) is 160 cm³/mol. The minimum atomic E-state index is -2.92. The number of halogens is 2. The van der Waals surface area contributed by atoms with Crippen molar-refractivity contribution in [3.8, 4) is 5.75 Å². The number of nitrogens with zero attached hydrogens (tertiary/aromatic N) is 2. The molecule has 2 heterocycles. The number of benzene rings is 2. The Morgan fingerprint density at radius 2 is 1.91 bits per heavy atom. The molecule has 0 aromatic heterocycles. The number of carbonyl (C=O) groups is 2. The van der Waals surface area contributed by atoms with E-state index in [0.717, 1.165) is 47.7 Å². The molecule has 0 aliphatic carbocycles. The Morgan fingerprint density at radius 3 is 2.56 bits per heavy atom. The first-order chi connectivity index (χ1) is 20.4. The van der Waals surface area contributed by atoms with E-state index in [0.29, 0.717) is 37.3 Å². The van der Waals surface area contributed by atoms with Gasteiger partial charge in [-0.15, -0.1) is 0 Å². The summed E-state index contributed by atoms with van der Waals surface area (Å²) in [7, 11) is -0.800. The van der Waals surface area contributed by atoms with Gasteiger partial charge in [-0.2, -0.15) is 0 Å². The fourth-order valence-electron chi connectivity index (χ4n) is 4.90. The number of hydrogen-bond donors (Lipinski definition) is 3. The third-order valence-electron chi connectivity index (χ3n) is 6.80. The molecule has 43 heavy (non-hydrogen) atoms. The number of rotatable bonds is 9. The standard InChI is InChI=1S/C29H37F2N5O6S/c1-29(2,3)42-28(38)34-26-19(16-32)13-18(27(30)31)14-24(26)43(39)35(4)17-25(37)33-20-5-6-22-23(15-20)41-12-9-36(22)21-7-10-40-11-8-21/h5-6,13-16,21,27,32H,7-12,17H2,1-4H3,(H,33,37)(H,34,38). The molecule has 0 radical (unpaired) electrons. The molecule has 2 aromatic carbocycles. The smallest absolute Gasteiger partial charge is 0.412 e. The lowest BCUT2D eigenvalue weighted by Crippen LogP contribution is -2.44. The van der Waals surface area contributed by atoms with E-state index >= 15 is 0 Å². The highest BCUT2D eigenvalue weighted by molar-refractivity contribution is 7.82. The molecule has 0 bridgehead atoms. The van der Waals surface area contributed by atoms with Crippen molar-refractivity contribution in [2.45, 2.75) is 56.6 Å². The van der Waals surface area contributed by atoms with Crippen molar-refractivity contribution in [3.63, 3.8) is 0 Å². The number of anilines is 3. The molecule has 2 amide bonds. The van der Waals surface area contributed by atoms with Crippen LogP contribution in [0.3, 0.4) is 0 Å². The minimum Gasteiger partial charge on any atom is -0.489 e. The van der Waals surface area contributed by atoms with Gasteiger partial charge in [-0.25, -0.2) is 22.1 Å². The summed E-state index contributed by atoms with van der Waals surface area (Å²) in [5, 5.41) is 12.9. The molecule has 4 rings (SSSR count). The van der Waals surface area contributed by atoms with E-state index in [-0.39, 0.29) is 22.7 Å². The highest BCUT2D eigenvalue weighted by Crippen LogP contribution is 2.37. The second-order valence-corrected chi connectivity index (χ2v) is 12.8. The van der Waals surface area contributed by atoms with E-state index in [9.17, 15) is 22.6 Å². The largest absolute Gasteiger partial charge is 0.489 e. The van der Waals surface area contributed by atoms with E-state index in [1.54, 1.807) is 32.9 Å². The summed E-state index contributed by atoms with van der Waals surface area (Å²) < 4.78 is 58.6. The zero-order valence-corrected chi connectivity index (χ0v) is 25.4. The fraction of sp³-hybridized carbons (Fsp3) is 0.483. The van der Waals surface area contributed by atoms with Gasteiger partial charge in [0.15, 0.2) is 0 Å². The molecule has 0 spiro atoms. The SMILES string of the molecule is CN(CC(=O)Nc1ccc2c(c1)OCCN2C1CCOCC1)S(=O)c1cc(C(F)F)cc(C=N)c1NC(=O)OC(C)(C)C. The number of likely N-dealkylation sites (N-methyl/N-ethyl adjacent to an activating group) is 1. The molecule has 1 saturated heterocycles. The maximum atomic E-state index is 13.7. The lowest BCUT2D eigenvalue weighted by Gasteiger charge is -2.39. The second kappa shape index (κ2) is 13.8. The van der Waals surface area contributed by atoms with Gasteiger partial charge in [0.25, 0.3) is 6.43 Å². The Kier molecular flexibility index (Phi) is 10.4. The zero-order valence-electron chi connectivity index (χ0n) is 24.6. The number of hydrogen-bond acceptors (Lipinski definition) is 8. The van der Waals surface area contributed by atoms with Crippen LogP contribution in [-0.2, 0) is 25.3 Å². The molecule has 2 aliphatic rings. The lowest BCUT2D eigenvalue weighted by molar-refractivity contribution is -0.116. The number of alkyl halides is 2. The maximum absolute atomic E-state index is 13.7. The second-order valence-electron chi connectivity index (χ2n) is 11.2. The Labute approximate surface area is 251 Å². The molecule has 3 N–H and O–H groups in total. The van der Waals surface area contributed by atoms with Crippen LogP contribution in [0.5, 0.6) is 5.75 Å². The highest BCUT2D eigenvalue weighted by Gasteiger charge is 2.28. The molecular formula is C29H37F2N5O6S. The quantitative estimate of drug-likeness (QED) is 0.338. The van der Waals surface area contributed by atoms with Crippen molar-refractivity contribution in [3.05, 3.63) is 41.5 Å². The molecule has 0 saturated carbocycles. The van der Waals surface area contributed by atoms with Crippen LogP contribution in [0.2, 0.25) is 0 Å². The summed E-state index contributed by atoms with van der Waals surface area (Å²) in [6.45, 7) is 7.27.